The molecule has 0 unspecified atom stereocenters. The van der Waals surface area contributed by atoms with Crippen LogP contribution < -0.4 is 4.74 Å². The second kappa shape index (κ2) is 19.8. The zero-order valence-corrected chi connectivity index (χ0v) is 33.1. The standard InChI is InChI=1S/C48H62O5/c1-8-10-11-12-36-13-15-38(16-14-36)39-17-19-40(20-18-39)41-21-23-44(37(9-2)31-41)42-22-24-45(43(32-42)25-29-53-46(51)35(3)4)52-30-28-48(33-49,34-50)27-26-47(5,6)7/h13-24,31-32,49-50H,3,8-12,25-30,33-34H2,1-2,4-7H3. The van der Waals surface area contributed by atoms with Gasteiger partial charge in [-0.3, -0.25) is 0 Å². The second-order valence-electron chi connectivity index (χ2n) is 15.9. The Hall–Kier alpha value is -4.19. The van der Waals surface area contributed by atoms with Crippen LogP contribution in [0.25, 0.3) is 33.4 Å². The molecule has 0 spiro atoms. The summed E-state index contributed by atoms with van der Waals surface area (Å²) in [5.41, 5.74) is 10.5. The number of aliphatic hydroxyl groups excluding tert-OH is 2. The number of ether oxygens (including phenoxy) is 2. The highest BCUT2D eigenvalue weighted by atomic mass is 16.5. The normalized spacial score (nSPS) is 11.8. The largest absolute Gasteiger partial charge is 0.493 e. The van der Waals surface area contributed by atoms with Crippen LogP contribution in [0.15, 0.2) is 97.1 Å². The predicted octanol–water partition coefficient (Wildman–Crippen LogP) is 11.2. The van der Waals surface area contributed by atoms with E-state index in [0.29, 0.717) is 37.2 Å². The predicted molar refractivity (Wildman–Crippen MR) is 220 cm³/mol. The van der Waals surface area contributed by atoms with E-state index >= 15 is 0 Å². The van der Waals surface area contributed by atoms with Gasteiger partial charge in [0.1, 0.15) is 5.75 Å². The maximum atomic E-state index is 12.2. The van der Waals surface area contributed by atoms with Gasteiger partial charge in [0.15, 0.2) is 0 Å². The molecule has 0 heterocycles. The van der Waals surface area contributed by atoms with Gasteiger partial charge in [-0.15, -0.1) is 0 Å². The number of aliphatic hydroxyl groups is 2. The monoisotopic (exact) mass is 718 g/mol. The molecule has 284 valence electrons. The van der Waals surface area contributed by atoms with Crippen molar-refractivity contribution < 1.29 is 24.5 Å². The Morgan fingerprint density at radius 1 is 0.679 bits per heavy atom. The third kappa shape index (κ3) is 12.2. The summed E-state index contributed by atoms with van der Waals surface area (Å²) in [4.78, 5) is 12.2. The molecule has 4 aromatic carbocycles. The lowest BCUT2D eigenvalue weighted by Crippen LogP contribution is -2.33. The Kier molecular flexibility index (Phi) is 15.5. The van der Waals surface area contributed by atoms with E-state index in [1.807, 2.05) is 6.07 Å². The van der Waals surface area contributed by atoms with Crippen molar-refractivity contribution in [3.63, 3.8) is 0 Å². The van der Waals surface area contributed by atoms with Gasteiger partial charge in [-0.1, -0.05) is 127 Å². The molecule has 0 aromatic heterocycles. The lowest BCUT2D eigenvalue weighted by atomic mass is 9.76. The minimum Gasteiger partial charge on any atom is -0.493 e. The first-order valence-electron chi connectivity index (χ1n) is 19.5. The van der Waals surface area contributed by atoms with Crippen molar-refractivity contribution in [2.24, 2.45) is 10.8 Å². The van der Waals surface area contributed by atoms with Gasteiger partial charge in [-0.2, -0.15) is 0 Å². The molecule has 0 saturated heterocycles. The van der Waals surface area contributed by atoms with Crippen LogP contribution in [0.4, 0.5) is 0 Å². The van der Waals surface area contributed by atoms with Crippen molar-refractivity contribution in [3.8, 4) is 39.1 Å². The minimum atomic E-state index is -0.609. The summed E-state index contributed by atoms with van der Waals surface area (Å²) < 4.78 is 11.8. The van der Waals surface area contributed by atoms with Crippen LogP contribution >= 0.6 is 0 Å². The third-order valence-electron chi connectivity index (χ3n) is 10.4. The fourth-order valence-corrected chi connectivity index (χ4v) is 6.61. The van der Waals surface area contributed by atoms with Crippen molar-refractivity contribution in [2.75, 3.05) is 26.4 Å². The highest BCUT2D eigenvalue weighted by Crippen LogP contribution is 2.36. The molecule has 0 amide bonds. The molecule has 4 aromatic rings. The lowest BCUT2D eigenvalue weighted by molar-refractivity contribution is -0.138. The number of benzene rings is 4. The number of esters is 1. The summed E-state index contributed by atoms with van der Waals surface area (Å²) in [5, 5.41) is 20.5. The SMILES string of the molecule is C=C(C)C(=O)OCCc1cc(-c2ccc(-c3ccc(-c4ccc(CCCCC)cc4)cc3)cc2CC)ccc1OCCC(CO)(CO)CCC(C)(C)C. The van der Waals surface area contributed by atoms with E-state index in [1.54, 1.807) is 6.92 Å². The minimum absolute atomic E-state index is 0.0985. The van der Waals surface area contributed by atoms with E-state index in [0.717, 1.165) is 36.0 Å². The average molecular weight is 719 g/mol. The smallest absolute Gasteiger partial charge is 0.333 e. The summed E-state index contributed by atoms with van der Waals surface area (Å²) in [6.45, 7) is 16.6. The van der Waals surface area contributed by atoms with Crippen LogP contribution in [0.1, 0.15) is 96.8 Å². The van der Waals surface area contributed by atoms with Crippen LogP contribution in [0.5, 0.6) is 5.75 Å². The summed E-state index contributed by atoms with van der Waals surface area (Å²) in [7, 11) is 0. The van der Waals surface area contributed by atoms with Crippen molar-refractivity contribution in [1.82, 2.24) is 0 Å². The molecule has 0 bridgehead atoms. The van der Waals surface area contributed by atoms with E-state index in [4.69, 9.17) is 9.47 Å². The average Bonchev–Trinajstić information content (AvgIpc) is 3.16. The molecule has 4 rings (SSSR count). The van der Waals surface area contributed by atoms with Crippen LogP contribution in [0.2, 0.25) is 0 Å². The number of hydrogen-bond donors (Lipinski definition) is 2. The Labute approximate surface area is 319 Å². The molecule has 0 radical (unpaired) electrons. The van der Waals surface area contributed by atoms with Gasteiger partial charge < -0.3 is 19.7 Å². The van der Waals surface area contributed by atoms with Crippen molar-refractivity contribution >= 4 is 5.97 Å². The Balaban J connectivity index is 1.54. The molecule has 0 fully saturated rings. The van der Waals surface area contributed by atoms with Crippen LogP contribution in [0, 0.1) is 10.8 Å². The molecule has 0 aliphatic heterocycles. The zero-order chi connectivity index (χ0) is 38.4. The molecular formula is C48H62O5. The number of unbranched alkanes of at least 4 members (excludes halogenated alkanes) is 2. The number of hydrogen-bond acceptors (Lipinski definition) is 5. The molecule has 2 N–H and O–H groups in total. The Morgan fingerprint density at radius 3 is 1.85 bits per heavy atom. The zero-order valence-electron chi connectivity index (χ0n) is 33.1. The van der Waals surface area contributed by atoms with Crippen LogP contribution in [-0.2, 0) is 28.8 Å². The number of carbonyl (C=O) groups is 1. The first kappa shape index (κ1) is 41.6. The molecule has 5 heteroatoms. The van der Waals surface area contributed by atoms with Crippen molar-refractivity contribution in [3.05, 3.63) is 114 Å². The number of carbonyl (C=O) groups excluding carboxylic acids is 1. The Morgan fingerprint density at radius 2 is 1.26 bits per heavy atom. The van der Waals surface area contributed by atoms with Crippen molar-refractivity contribution in [2.45, 2.75) is 99.3 Å². The molecule has 0 atom stereocenters. The molecule has 53 heavy (non-hydrogen) atoms. The van der Waals surface area contributed by atoms with Gasteiger partial charge in [0, 0.05) is 17.4 Å². The highest BCUT2D eigenvalue weighted by Gasteiger charge is 2.30. The second-order valence-corrected chi connectivity index (χ2v) is 15.9. The van der Waals surface area contributed by atoms with Gasteiger partial charge in [0.05, 0.1) is 26.4 Å². The van der Waals surface area contributed by atoms with Gasteiger partial charge in [-0.25, -0.2) is 4.79 Å². The lowest BCUT2D eigenvalue weighted by Gasteiger charge is -2.32. The maximum absolute atomic E-state index is 12.2. The first-order valence-corrected chi connectivity index (χ1v) is 19.5. The fraction of sp³-hybridized carbons (Fsp3) is 0.438. The van der Waals surface area contributed by atoms with E-state index in [9.17, 15) is 15.0 Å². The molecular weight excluding hydrogens is 657 g/mol. The molecule has 0 aliphatic rings. The van der Waals surface area contributed by atoms with Crippen molar-refractivity contribution in [1.29, 1.82) is 0 Å². The summed E-state index contributed by atoms with van der Waals surface area (Å²) >= 11 is 0. The van der Waals surface area contributed by atoms with E-state index in [1.165, 1.54) is 52.6 Å². The van der Waals surface area contributed by atoms with Gasteiger partial charge in [0.2, 0.25) is 0 Å². The highest BCUT2D eigenvalue weighted by molar-refractivity contribution is 5.87. The van der Waals surface area contributed by atoms with E-state index in [-0.39, 0.29) is 25.2 Å². The Bertz CT molecular complexity index is 1760. The summed E-state index contributed by atoms with van der Waals surface area (Å²) in [6, 6.07) is 30.7. The molecule has 0 aliphatic carbocycles. The van der Waals surface area contributed by atoms with Gasteiger partial charge in [0.25, 0.3) is 0 Å². The maximum Gasteiger partial charge on any atom is 0.333 e. The van der Waals surface area contributed by atoms with E-state index < -0.39 is 11.4 Å². The van der Waals surface area contributed by atoms with Gasteiger partial charge >= 0.3 is 5.97 Å². The van der Waals surface area contributed by atoms with Gasteiger partial charge in [-0.05, 0) is 113 Å². The van der Waals surface area contributed by atoms with E-state index in [2.05, 4.69) is 120 Å². The topological polar surface area (TPSA) is 76.0 Å². The molecule has 0 saturated carbocycles. The number of rotatable bonds is 20. The fourth-order valence-electron chi connectivity index (χ4n) is 6.61. The third-order valence-corrected chi connectivity index (χ3v) is 10.4. The summed E-state index contributed by atoms with van der Waals surface area (Å²) in [6.07, 6.45) is 8.37. The summed E-state index contributed by atoms with van der Waals surface area (Å²) in [5.74, 6) is 0.298. The first-order chi connectivity index (χ1) is 25.4. The van der Waals surface area contributed by atoms with Crippen LogP contribution in [-0.4, -0.2) is 42.6 Å². The number of aryl methyl sites for hydroxylation is 2. The molecule has 5 nitrogen and oxygen atoms in total. The van der Waals surface area contributed by atoms with Crippen LogP contribution in [0.3, 0.4) is 0 Å². The quantitative estimate of drug-likeness (QED) is 0.0540.